The first-order valence-corrected chi connectivity index (χ1v) is 11.3. The summed E-state index contributed by atoms with van der Waals surface area (Å²) in [5.41, 5.74) is 3.07. The number of carbonyl (C=O) groups is 1. The van der Waals surface area contributed by atoms with Crippen molar-refractivity contribution < 1.29 is 9.18 Å². The van der Waals surface area contributed by atoms with Crippen molar-refractivity contribution in [1.82, 2.24) is 24.9 Å². The van der Waals surface area contributed by atoms with Crippen molar-refractivity contribution in [3.63, 3.8) is 0 Å². The summed E-state index contributed by atoms with van der Waals surface area (Å²) in [6, 6.07) is 4.33. The van der Waals surface area contributed by atoms with Gasteiger partial charge in [0.05, 0.1) is 18.4 Å². The van der Waals surface area contributed by atoms with Crippen LogP contribution in [0.3, 0.4) is 0 Å². The molecule has 0 radical (unpaired) electrons. The van der Waals surface area contributed by atoms with E-state index in [4.69, 9.17) is 4.98 Å². The number of carbonyl (C=O) groups excluding carboxylic acids is 1. The van der Waals surface area contributed by atoms with Crippen LogP contribution in [0.15, 0.2) is 30.7 Å². The Morgan fingerprint density at radius 1 is 1.13 bits per heavy atom. The maximum absolute atomic E-state index is 14.3. The molecule has 8 heteroatoms. The van der Waals surface area contributed by atoms with Crippen molar-refractivity contribution in [3.8, 4) is 0 Å². The Kier molecular flexibility index (Phi) is 2.90. The number of piperidine rings is 1. The lowest BCUT2D eigenvalue weighted by Gasteiger charge is -2.27. The molecule has 6 aliphatic rings. The summed E-state index contributed by atoms with van der Waals surface area (Å²) >= 11 is 0. The number of aryl methyl sites for hydroxylation is 1. The first kappa shape index (κ1) is 16.6. The molecule has 9 rings (SSSR count). The minimum atomic E-state index is -0.282. The van der Waals surface area contributed by atoms with Crippen molar-refractivity contribution in [2.75, 3.05) is 4.90 Å². The highest BCUT2D eigenvalue weighted by molar-refractivity contribution is 6.00. The van der Waals surface area contributed by atoms with E-state index in [0.717, 1.165) is 42.8 Å². The van der Waals surface area contributed by atoms with Crippen molar-refractivity contribution >= 4 is 17.4 Å². The molecule has 31 heavy (non-hydrogen) atoms. The third kappa shape index (κ3) is 2.17. The van der Waals surface area contributed by atoms with E-state index in [1.165, 1.54) is 6.20 Å². The number of pyridine rings is 1. The SMILES string of the molecule is O=C1N[C@H](C2CC2)CCc2ncc(F)cc2[C@H]2C3C4C([C@@H]43)N2c2ccn3ncc1c3n2. The lowest BCUT2D eigenvalue weighted by Crippen LogP contribution is -2.37. The molecule has 1 N–H and O–H groups in total. The average molecular weight is 416 g/mol. The van der Waals surface area contributed by atoms with Crippen LogP contribution in [-0.4, -0.2) is 37.6 Å². The summed E-state index contributed by atoms with van der Waals surface area (Å²) in [6.45, 7) is 0. The molecule has 4 bridgehead atoms. The van der Waals surface area contributed by atoms with Crippen molar-refractivity contribution in [2.45, 2.75) is 43.8 Å². The first-order valence-electron chi connectivity index (χ1n) is 11.3. The number of amides is 1. The second-order valence-corrected chi connectivity index (χ2v) is 9.83. The molecule has 5 fully saturated rings. The van der Waals surface area contributed by atoms with Crippen LogP contribution in [0.5, 0.6) is 0 Å². The van der Waals surface area contributed by atoms with Crippen LogP contribution in [0.25, 0.3) is 5.65 Å². The lowest BCUT2D eigenvalue weighted by atomic mass is 9.95. The Labute approximate surface area is 177 Å². The van der Waals surface area contributed by atoms with Gasteiger partial charge in [-0.3, -0.25) is 9.78 Å². The number of hydrogen-bond donors (Lipinski definition) is 1. The molecule has 6 heterocycles. The van der Waals surface area contributed by atoms with Gasteiger partial charge in [0, 0.05) is 24.0 Å². The molecule has 3 aliphatic heterocycles. The number of anilines is 1. The zero-order valence-electron chi connectivity index (χ0n) is 16.8. The normalized spacial score (nSPS) is 34.9. The van der Waals surface area contributed by atoms with E-state index in [2.05, 4.69) is 20.3 Å². The number of halogens is 1. The molecule has 3 aromatic rings. The molecule has 3 aliphatic carbocycles. The van der Waals surface area contributed by atoms with E-state index >= 15 is 0 Å². The van der Waals surface area contributed by atoms with Gasteiger partial charge in [-0.05, 0) is 67.1 Å². The minimum absolute atomic E-state index is 0.0880. The van der Waals surface area contributed by atoms with Crippen LogP contribution in [0.1, 0.15) is 46.9 Å². The molecular weight excluding hydrogens is 395 g/mol. The fraction of sp³-hybridized carbons (Fsp3) is 0.478. The van der Waals surface area contributed by atoms with Gasteiger partial charge in [0.15, 0.2) is 5.65 Å². The number of aromatic nitrogens is 4. The topological polar surface area (TPSA) is 75.4 Å². The van der Waals surface area contributed by atoms with Crippen LogP contribution in [0, 0.1) is 29.5 Å². The van der Waals surface area contributed by atoms with E-state index in [1.54, 1.807) is 16.8 Å². The quantitative estimate of drug-likeness (QED) is 0.660. The smallest absolute Gasteiger partial charge is 0.256 e. The molecule has 3 saturated carbocycles. The van der Waals surface area contributed by atoms with Gasteiger partial charge >= 0.3 is 0 Å². The summed E-state index contributed by atoms with van der Waals surface area (Å²) < 4.78 is 16.0. The molecule has 0 spiro atoms. The standard InChI is InChI=1S/C23H21FN6O/c24-11-7-12-15(25-8-11)4-3-14(10-1-2-10)27-23(31)13-9-26-29-6-5-16(28-22(13)29)30-20(12)17-18-19(17)21(18)30/h5-10,14,17-21H,1-4H2,(H,27,31)/t14-,17?,18+,19?,20-,21?/m0/s1. The van der Waals surface area contributed by atoms with Crippen LogP contribution in [0.2, 0.25) is 0 Å². The molecule has 1 amide bonds. The van der Waals surface area contributed by atoms with Gasteiger partial charge in [-0.1, -0.05) is 0 Å². The Morgan fingerprint density at radius 2 is 2.00 bits per heavy atom. The van der Waals surface area contributed by atoms with E-state index in [9.17, 15) is 9.18 Å². The van der Waals surface area contributed by atoms with E-state index in [-0.39, 0.29) is 23.8 Å². The fourth-order valence-corrected chi connectivity index (χ4v) is 6.43. The molecule has 3 aromatic heterocycles. The Morgan fingerprint density at radius 3 is 2.84 bits per heavy atom. The largest absolute Gasteiger partial charge is 0.349 e. The molecule has 0 aromatic carbocycles. The Balaban J connectivity index is 1.33. The third-order valence-electron chi connectivity index (χ3n) is 8.18. The van der Waals surface area contributed by atoms with Gasteiger partial charge in [0.25, 0.3) is 5.91 Å². The minimum Gasteiger partial charge on any atom is -0.349 e. The first-order chi connectivity index (χ1) is 15.2. The van der Waals surface area contributed by atoms with Gasteiger partial charge in [0.1, 0.15) is 17.2 Å². The predicted octanol–water partition coefficient (Wildman–Crippen LogP) is 2.52. The molecule has 2 saturated heterocycles. The molecule has 7 nitrogen and oxygen atoms in total. The number of nitrogens with zero attached hydrogens (tertiary/aromatic N) is 5. The van der Waals surface area contributed by atoms with E-state index in [1.807, 2.05) is 12.3 Å². The molecule has 3 unspecified atom stereocenters. The van der Waals surface area contributed by atoms with Crippen LogP contribution >= 0.6 is 0 Å². The van der Waals surface area contributed by atoms with E-state index in [0.29, 0.717) is 40.9 Å². The molecule has 6 atom stereocenters. The molecular formula is C23H21FN6O. The van der Waals surface area contributed by atoms with Crippen molar-refractivity contribution in [1.29, 1.82) is 0 Å². The maximum atomic E-state index is 14.3. The second kappa shape index (κ2) is 5.41. The van der Waals surface area contributed by atoms with Gasteiger partial charge in [-0.15, -0.1) is 0 Å². The summed E-state index contributed by atoms with van der Waals surface area (Å²) in [7, 11) is 0. The summed E-state index contributed by atoms with van der Waals surface area (Å²) in [4.78, 5) is 24.9. The molecule has 156 valence electrons. The maximum Gasteiger partial charge on any atom is 0.256 e. The van der Waals surface area contributed by atoms with Gasteiger partial charge in [0.2, 0.25) is 0 Å². The van der Waals surface area contributed by atoms with Gasteiger partial charge in [-0.25, -0.2) is 13.9 Å². The number of fused-ring (bicyclic) bond motifs is 2. The highest BCUT2D eigenvalue weighted by Gasteiger charge is 2.84. The van der Waals surface area contributed by atoms with E-state index < -0.39 is 0 Å². The zero-order valence-corrected chi connectivity index (χ0v) is 16.8. The highest BCUT2D eigenvalue weighted by Crippen LogP contribution is 2.82. The van der Waals surface area contributed by atoms with Crippen LogP contribution in [0.4, 0.5) is 10.2 Å². The Hall–Kier alpha value is -3.03. The Bertz CT molecular complexity index is 1270. The monoisotopic (exact) mass is 416 g/mol. The number of nitrogens with one attached hydrogen (secondary N) is 1. The van der Waals surface area contributed by atoms with Crippen molar-refractivity contribution in [3.05, 3.63) is 53.4 Å². The predicted molar refractivity (Wildman–Crippen MR) is 109 cm³/mol. The van der Waals surface area contributed by atoms with Gasteiger partial charge in [-0.2, -0.15) is 5.10 Å². The summed E-state index contributed by atoms with van der Waals surface area (Å²) in [5, 5.41) is 7.59. The number of rotatable bonds is 1. The second-order valence-electron chi connectivity index (χ2n) is 9.83. The average Bonchev–Trinajstić information content (AvgIpc) is 3.72. The van der Waals surface area contributed by atoms with Crippen LogP contribution < -0.4 is 10.2 Å². The van der Waals surface area contributed by atoms with Crippen molar-refractivity contribution in [2.24, 2.45) is 23.7 Å². The van der Waals surface area contributed by atoms with Gasteiger partial charge < -0.3 is 10.2 Å². The fourth-order valence-electron chi connectivity index (χ4n) is 6.43. The summed E-state index contributed by atoms with van der Waals surface area (Å²) in [6.07, 6.45) is 8.64. The summed E-state index contributed by atoms with van der Waals surface area (Å²) in [5.74, 6) is 2.91. The third-order valence-corrected chi connectivity index (χ3v) is 8.18. The highest BCUT2D eigenvalue weighted by atomic mass is 19.1. The zero-order chi connectivity index (χ0) is 20.4. The number of hydrogen-bond acceptors (Lipinski definition) is 5. The van der Waals surface area contributed by atoms with Crippen LogP contribution in [-0.2, 0) is 6.42 Å². The lowest BCUT2D eigenvalue weighted by molar-refractivity contribution is 0.0931.